The molecule has 0 N–H and O–H groups in total. The average molecular weight is 510 g/mol. The predicted molar refractivity (Wildman–Crippen MR) is 155 cm³/mol. The van der Waals surface area contributed by atoms with E-state index in [1.54, 1.807) is 28.5 Å². The summed E-state index contributed by atoms with van der Waals surface area (Å²) in [5.41, 5.74) is 5.00. The van der Waals surface area contributed by atoms with Crippen LogP contribution in [-0.4, -0.2) is 24.7 Å². The molecule has 1 heterocycles. The van der Waals surface area contributed by atoms with E-state index in [9.17, 15) is 4.79 Å². The van der Waals surface area contributed by atoms with Crippen molar-refractivity contribution in [3.63, 3.8) is 0 Å². The molecule has 1 fully saturated rings. The maximum absolute atomic E-state index is 12.1. The lowest BCUT2D eigenvalue weighted by atomic mass is 9.91. The molecule has 1 aliphatic carbocycles. The zero-order valence-electron chi connectivity index (χ0n) is 21.0. The lowest BCUT2D eigenvalue weighted by Crippen LogP contribution is -2.31. The smallest absolute Gasteiger partial charge is 0.162 e. The highest BCUT2D eigenvalue weighted by molar-refractivity contribution is 8.04. The van der Waals surface area contributed by atoms with Crippen molar-refractivity contribution in [2.75, 3.05) is 11.3 Å². The van der Waals surface area contributed by atoms with Crippen LogP contribution in [0.4, 0.5) is 5.69 Å². The van der Waals surface area contributed by atoms with E-state index in [2.05, 4.69) is 80.9 Å². The molecule has 0 amide bonds. The molecule has 1 unspecified atom stereocenters. The van der Waals surface area contributed by atoms with Gasteiger partial charge in [0.05, 0.1) is 10.6 Å². The van der Waals surface area contributed by atoms with Crippen molar-refractivity contribution >= 4 is 43.1 Å². The number of aldehydes is 1. The quantitative estimate of drug-likeness (QED) is 0.201. The van der Waals surface area contributed by atoms with Gasteiger partial charge in [-0.15, -0.1) is 23.1 Å². The van der Waals surface area contributed by atoms with Gasteiger partial charge >= 0.3 is 0 Å². The number of nitrogens with zero attached hydrogens (tertiary/aromatic N) is 1. The molecule has 1 saturated carbocycles. The molecule has 0 aliphatic heterocycles. The molecule has 0 radical (unpaired) electrons. The Morgan fingerprint density at radius 1 is 1.24 bits per heavy atom. The van der Waals surface area contributed by atoms with Crippen molar-refractivity contribution in [1.82, 2.24) is 0 Å². The number of carbonyl (C=O) groups is 1. The third kappa shape index (κ3) is 6.88. The highest BCUT2D eigenvalue weighted by Gasteiger charge is 2.30. The molecule has 3 rings (SSSR count). The van der Waals surface area contributed by atoms with Gasteiger partial charge in [-0.1, -0.05) is 50.3 Å². The molecular formula is C29H36NOPS2. The van der Waals surface area contributed by atoms with Crippen molar-refractivity contribution in [2.24, 2.45) is 5.92 Å². The number of thiophene rings is 1. The summed E-state index contributed by atoms with van der Waals surface area (Å²) in [4.78, 5) is 14.1. The summed E-state index contributed by atoms with van der Waals surface area (Å²) in [6, 6.07) is 11.0. The Balaban J connectivity index is 1.84. The van der Waals surface area contributed by atoms with Crippen LogP contribution in [0.15, 0.2) is 53.3 Å². The molecule has 2 aromatic rings. The van der Waals surface area contributed by atoms with E-state index in [4.69, 9.17) is 0 Å². The van der Waals surface area contributed by atoms with Gasteiger partial charge in [-0.25, -0.2) is 0 Å². The summed E-state index contributed by atoms with van der Waals surface area (Å²) >= 11 is 3.14. The molecule has 1 aromatic heterocycles. The molecule has 180 valence electrons. The van der Waals surface area contributed by atoms with Crippen LogP contribution in [0, 0.1) is 17.8 Å². The van der Waals surface area contributed by atoms with Gasteiger partial charge in [0.15, 0.2) is 6.29 Å². The number of anilines is 1. The number of benzene rings is 1. The maximum Gasteiger partial charge on any atom is 0.162 e. The largest absolute Gasteiger partial charge is 0.347 e. The lowest BCUT2D eigenvalue weighted by molar-refractivity contribution is 0.112. The van der Waals surface area contributed by atoms with Crippen LogP contribution in [0.5, 0.6) is 0 Å². The average Bonchev–Trinajstić information content (AvgIpc) is 3.25. The summed E-state index contributed by atoms with van der Waals surface area (Å²) in [5, 5.41) is 3.79. The first-order valence-corrected chi connectivity index (χ1v) is 15.6. The fourth-order valence-corrected chi connectivity index (χ4v) is 8.50. The van der Waals surface area contributed by atoms with Crippen molar-refractivity contribution in [3.8, 4) is 22.3 Å². The minimum absolute atomic E-state index is 0.346. The minimum atomic E-state index is -0.346. The molecule has 0 saturated heterocycles. The molecule has 0 spiro atoms. The Bertz CT molecular complexity index is 1070. The Labute approximate surface area is 215 Å². The molecule has 34 heavy (non-hydrogen) atoms. The van der Waals surface area contributed by atoms with Crippen LogP contribution in [-0.2, 0) is 0 Å². The van der Waals surface area contributed by atoms with E-state index in [1.165, 1.54) is 25.7 Å². The molecule has 1 atom stereocenters. The predicted octanol–water partition coefficient (Wildman–Crippen LogP) is 9.18. The zero-order chi connectivity index (χ0) is 24.7. The summed E-state index contributed by atoms with van der Waals surface area (Å²) in [7, 11) is -0.346. The SMILES string of the molecule is C=CS/C=C(\C)C#Cc1ccc(-c2cc(N(C(C)C)P(C)C3CCC(C)CC3)c(C=O)s2)cc1. The van der Waals surface area contributed by atoms with Gasteiger partial charge in [-0.2, -0.15) is 0 Å². The van der Waals surface area contributed by atoms with Crippen molar-refractivity contribution in [1.29, 1.82) is 0 Å². The third-order valence-electron chi connectivity index (χ3n) is 6.35. The standard InChI is InChI=1S/C29H36NOPS2/c1-7-33-20-23(5)8-11-24-12-14-25(15-13-24)28-18-27(29(19-31)34-28)30(21(2)3)32(6)26-16-9-22(4)10-17-26/h7,12-15,18-22,26H,1,9-10,16-17H2,2-6H3/b23-20+. The number of carbonyl (C=O) groups excluding carboxylic acids is 1. The van der Waals surface area contributed by atoms with Gasteiger partial charge in [-0.05, 0) is 94.5 Å². The highest BCUT2D eigenvalue weighted by Crippen LogP contribution is 2.53. The van der Waals surface area contributed by atoms with E-state index < -0.39 is 0 Å². The second kappa shape index (κ2) is 12.8. The topological polar surface area (TPSA) is 20.3 Å². The van der Waals surface area contributed by atoms with Crippen molar-refractivity contribution in [2.45, 2.75) is 65.1 Å². The Morgan fingerprint density at radius 3 is 2.50 bits per heavy atom. The third-order valence-corrected chi connectivity index (χ3v) is 11.1. The van der Waals surface area contributed by atoms with E-state index in [1.807, 2.05) is 12.3 Å². The van der Waals surface area contributed by atoms with Crippen LogP contribution >= 0.6 is 31.2 Å². The van der Waals surface area contributed by atoms with Gasteiger partial charge in [0.2, 0.25) is 0 Å². The molecule has 0 bridgehead atoms. The van der Waals surface area contributed by atoms with Crippen LogP contribution in [0.3, 0.4) is 0 Å². The number of allylic oxidation sites excluding steroid dienone is 1. The Morgan fingerprint density at radius 2 is 1.91 bits per heavy atom. The summed E-state index contributed by atoms with van der Waals surface area (Å²) in [6.07, 6.45) is 6.32. The van der Waals surface area contributed by atoms with Gasteiger partial charge in [-0.3, -0.25) is 4.79 Å². The zero-order valence-corrected chi connectivity index (χ0v) is 23.5. The van der Waals surface area contributed by atoms with Crippen LogP contribution < -0.4 is 4.67 Å². The van der Waals surface area contributed by atoms with Gasteiger partial charge in [0, 0.05) is 22.1 Å². The van der Waals surface area contributed by atoms with Crippen LogP contribution in [0.2, 0.25) is 0 Å². The number of thioether (sulfide) groups is 1. The van der Waals surface area contributed by atoms with E-state index in [0.29, 0.717) is 6.04 Å². The maximum atomic E-state index is 12.1. The van der Waals surface area contributed by atoms with Gasteiger partial charge in [0.25, 0.3) is 0 Å². The number of hydrogen-bond donors (Lipinski definition) is 0. The normalized spacial score (nSPS) is 19.3. The summed E-state index contributed by atoms with van der Waals surface area (Å²) < 4.78 is 2.55. The summed E-state index contributed by atoms with van der Waals surface area (Å²) in [5.74, 6) is 7.26. The molecule has 5 heteroatoms. The lowest BCUT2D eigenvalue weighted by Gasteiger charge is -2.41. The first kappa shape index (κ1) is 26.8. The van der Waals surface area contributed by atoms with Crippen LogP contribution in [0.25, 0.3) is 10.4 Å². The van der Waals surface area contributed by atoms with E-state index >= 15 is 0 Å². The first-order chi connectivity index (χ1) is 16.3. The van der Waals surface area contributed by atoms with Crippen LogP contribution in [0.1, 0.15) is 68.6 Å². The summed E-state index contributed by atoms with van der Waals surface area (Å²) in [6.45, 7) is 15.0. The molecule has 2 nitrogen and oxygen atoms in total. The number of rotatable bonds is 8. The Hall–Kier alpha value is -1.79. The van der Waals surface area contributed by atoms with Gasteiger partial charge in [0.1, 0.15) is 0 Å². The van der Waals surface area contributed by atoms with E-state index in [-0.39, 0.29) is 8.07 Å². The fourth-order valence-electron chi connectivity index (χ4n) is 4.47. The van der Waals surface area contributed by atoms with Gasteiger partial charge < -0.3 is 4.67 Å². The second-order valence-corrected chi connectivity index (χ2v) is 13.6. The van der Waals surface area contributed by atoms with E-state index in [0.717, 1.165) is 50.0 Å². The Kier molecular flexibility index (Phi) is 10.1. The van der Waals surface area contributed by atoms with Crippen molar-refractivity contribution < 1.29 is 4.79 Å². The number of hydrogen-bond acceptors (Lipinski definition) is 4. The first-order valence-electron chi connectivity index (χ1n) is 12.0. The second-order valence-electron chi connectivity index (χ2n) is 9.33. The highest BCUT2D eigenvalue weighted by atomic mass is 32.2. The van der Waals surface area contributed by atoms with Crippen molar-refractivity contribution in [3.05, 3.63) is 63.7 Å². The fraction of sp³-hybridized carbons (Fsp3) is 0.414. The molecule has 1 aromatic carbocycles. The molecule has 1 aliphatic rings. The monoisotopic (exact) mass is 509 g/mol. The minimum Gasteiger partial charge on any atom is -0.347 e. The molecular weight excluding hydrogens is 473 g/mol.